The van der Waals surface area contributed by atoms with Crippen LogP contribution in [0.1, 0.15) is 18.7 Å². The summed E-state index contributed by atoms with van der Waals surface area (Å²) in [7, 11) is 0. The van der Waals surface area contributed by atoms with E-state index in [1.54, 1.807) is 0 Å². The van der Waals surface area contributed by atoms with Crippen LogP contribution in [0.3, 0.4) is 0 Å². The molecule has 0 spiro atoms. The summed E-state index contributed by atoms with van der Waals surface area (Å²) in [5, 5.41) is 37.7. The van der Waals surface area contributed by atoms with Crippen LogP contribution in [0.5, 0.6) is 0 Å². The van der Waals surface area contributed by atoms with Crippen LogP contribution in [0.25, 0.3) is 11.0 Å². The number of imidazole rings is 1. The lowest BCUT2D eigenvalue weighted by Gasteiger charge is -2.25. The van der Waals surface area contributed by atoms with Gasteiger partial charge in [-0.15, -0.1) is 0 Å². The molecule has 6 nitrogen and oxygen atoms in total. The molecule has 5 N–H and O–H groups in total. The van der Waals surface area contributed by atoms with E-state index in [-0.39, 0.29) is 16.9 Å². The summed E-state index contributed by atoms with van der Waals surface area (Å²) in [5.74, 6) is -2.61. The van der Waals surface area contributed by atoms with Gasteiger partial charge in [0.05, 0.1) is 23.7 Å². The van der Waals surface area contributed by atoms with Crippen molar-refractivity contribution in [3.8, 4) is 0 Å². The zero-order chi connectivity index (χ0) is 15.7. The van der Waals surface area contributed by atoms with Crippen molar-refractivity contribution >= 4 is 11.0 Å². The number of benzene rings is 1. The molecule has 2 unspecified atom stereocenters. The molecular weight excluding hydrogens is 286 g/mol. The molecule has 0 bridgehead atoms. The Morgan fingerprint density at radius 1 is 1.14 bits per heavy atom. The summed E-state index contributed by atoms with van der Waals surface area (Å²) in [4.78, 5) is 6.75. The molecule has 0 radical (unpaired) electrons. The third-order valence-electron chi connectivity index (χ3n) is 3.42. The van der Waals surface area contributed by atoms with Gasteiger partial charge in [0, 0.05) is 18.1 Å². The normalized spacial score (nSPS) is 17.7. The van der Waals surface area contributed by atoms with E-state index < -0.39 is 42.5 Å². The molecule has 1 heterocycles. The average Bonchev–Trinajstić information content (AvgIpc) is 2.87. The molecule has 2 aromatic rings. The largest absolute Gasteiger partial charge is 0.394 e. The number of aromatic amines is 1. The zero-order valence-electron chi connectivity index (χ0n) is 11.2. The van der Waals surface area contributed by atoms with E-state index >= 15 is 0 Å². The maximum atomic E-state index is 13.1. The second kappa shape index (κ2) is 6.02. The zero-order valence-corrected chi connectivity index (χ0v) is 11.2. The summed E-state index contributed by atoms with van der Waals surface area (Å²) in [6.45, 7) is 0.809. The van der Waals surface area contributed by atoms with E-state index in [1.165, 1.54) is 6.92 Å². The van der Waals surface area contributed by atoms with Crippen molar-refractivity contribution in [1.29, 1.82) is 0 Å². The third kappa shape index (κ3) is 3.03. The van der Waals surface area contributed by atoms with Crippen molar-refractivity contribution in [2.24, 2.45) is 0 Å². The van der Waals surface area contributed by atoms with Gasteiger partial charge in [-0.2, -0.15) is 0 Å². The smallest absolute Gasteiger partial charge is 0.161 e. The lowest BCUT2D eigenvalue weighted by Crippen LogP contribution is -2.42. The van der Waals surface area contributed by atoms with E-state index in [2.05, 4.69) is 9.97 Å². The number of rotatable bonds is 5. The Bertz CT molecular complexity index is 595. The minimum atomic E-state index is -1.58. The number of hydrogen-bond acceptors (Lipinski definition) is 5. The summed E-state index contributed by atoms with van der Waals surface area (Å²) in [5.41, 5.74) is 0.431. The highest BCUT2D eigenvalue weighted by Crippen LogP contribution is 2.24. The molecule has 116 valence electrons. The minimum absolute atomic E-state index is 0.181. The first-order valence-electron chi connectivity index (χ1n) is 6.34. The summed E-state index contributed by atoms with van der Waals surface area (Å²) in [6.07, 6.45) is -4.49. The van der Waals surface area contributed by atoms with Crippen LogP contribution in [0.2, 0.25) is 0 Å². The Hall–Kier alpha value is -1.61. The number of aromatic nitrogens is 2. The molecule has 4 atom stereocenters. The molecule has 0 aliphatic carbocycles. The fraction of sp³-hybridized carbons (Fsp3) is 0.462. The van der Waals surface area contributed by atoms with Crippen LogP contribution in [0.4, 0.5) is 8.78 Å². The Balaban J connectivity index is 2.28. The van der Waals surface area contributed by atoms with E-state index in [9.17, 15) is 24.1 Å². The Morgan fingerprint density at radius 3 is 2.38 bits per heavy atom. The predicted octanol–water partition coefficient (Wildman–Crippen LogP) is 0.0196. The number of hydrogen-bond donors (Lipinski definition) is 5. The molecule has 21 heavy (non-hydrogen) atoms. The molecule has 2 rings (SSSR count). The number of fused-ring (bicyclic) bond motifs is 1. The van der Waals surface area contributed by atoms with Crippen molar-refractivity contribution in [3.63, 3.8) is 0 Å². The Labute approximate surface area is 118 Å². The average molecular weight is 302 g/mol. The number of aliphatic hydroxyl groups is 4. The van der Waals surface area contributed by atoms with E-state index in [1.807, 2.05) is 0 Å². The molecule has 0 aliphatic heterocycles. The second-order valence-electron chi connectivity index (χ2n) is 4.93. The standard InChI is InChI=1S/C13H16F2N2O4/c1-5(11(20)12(21)10(19)4-18)13-16-8-2-6(14)7(15)3-9(8)17-13/h2-3,5,10-12,18-21H,4H2,1H3,(H,16,17)/t5-,10?,11?,12+/m0/s1. The summed E-state index contributed by atoms with van der Waals surface area (Å²) in [6, 6.07) is 1.86. The van der Waals surface area contributed by atoms with Crippen molar-refractivity contribution in [2.45, 2.75) is 31.2 Å². The molecular formula is C13H16F2N2O4. The fourth-order valence-corrected chi connectivity index (χ4v) is 2.03. The number of H-pyrrole nitrogens is 1. The number of halogens is 2. The van der Waals surface area contributed by atoms with Crippen molar-refractivity contribution in [2.75, 3.05) is 6.61 Å². The van der Waals surface area contributed by atoms with E-state index in [0.29, 0.717) is 0 Å². The van der Waals surface area contributed by atoms with E-state index in [4.69, 9.17) is 5.11 Å². The van der Waals surface area contributed by atoms with Crippen LogP contribution in [0.15, 0.2) is 12.1 Å². The van der Waals surface area contributed by atoms with Gasteiger partial charge in [-0.25, -0.2) is 13.8 Å². The van der Waals surface area contributed by atoms with E-state index in [0.717, 1.165) is 12.1 Å². The maximum absolute atomic E-state index is 13.1. The van der Waals surface area contributed by atoms with Gasteiger partial charge in [0.25, 0.3) is 0 Å². The molecule has 8 heteroatoms. The molecule has 1 aromatic heterocycles. The highest BCUT2D eigenvalue weighted by Gasteiger charge is 2.31. The number of nitrogens with one attached hydrogen (secondary N) is 1. The first-order valence-corrected chi connectivity index (χ1v) is 6.34. The van der Waals surface area contributed by atoms with Gasteiger partial charge >= 0.3 is 0 Å². The molecule has 1 aromatic carbocycles. The van der Waals surface area contributed by atoms with Gasteiger partial charge < -0.3 is 25.4 Å². The molecule has 0 amide bonds. The van der Waals surface area contributed by atoms with Gasteiger partial charge in [0.15, 0.2) is 11.6 Å². The topological polar surface area (TPSA) is 110 Å². The van der Waals surface area contributed by atoms with Crippen LogP contribution in [0, 0.1) is 11.6 Å². The van der Waals surface area contributed by atoms with Gasteiger partial charge in [0.1, 0.15) is 18.0 Å². The van der Waals surface area contributed by atoms with Crippen molar-refractivity contribution in [3.05, 3.63) is 29.6 Å². The number of aliphatic hydroxyl groups excluding tert-OH is 4. The monoisotopic (exact) mass is 302 g/mol. The first-order chi connectivity index (χ1) is 9.85. The lowest BCUT2D eigenvalue weighted by molar-refractivity contribution is -0.0832. The van der Waals surface area contributed by atoms with Gasteiger partial charge in [-0.1, -0.05) is 6.92 Å². The van der Waals surface area contributed by atoms with Crippen molar-refractivity contribution in [1.82, 2.24) is 9.97 Å². The van der Waals surface area contributed by atoms with Crippen LogP contribution < -0.4 is 0 Å². The molecule has 0 saturated carbocycles. The van der Waals surface area contributed by atoms with Gasteiger partial charge in [-0.05, 0) is 0 Å². The summed E-state index contributed by atoms with van der Waals surface area (Å²) < 4.78 is 26.2. The third-order valence-corrected chi connectivity index (χ3v) is 3.42. The Kier molecular flexibility index (Phi) is 4.52. The second-order valence-corrected chi connectivity index (χ2v) is 4.93. The number of nitrogens with zero attached hydrogens (tertiary/aromatic N) is 1. The SMILES string of the molecule is C[C@H](c1nc2cc(F)c(F)cc2[nH]1)C(O)[C@H](O)C(O)CO. The minimum Gasteiger partial charge on any atom is -0.394 e. The predicted molar refractivity (Wildman–Crippen MR) is 69.5 cm³/mol. The fourth-order valence-electron chi connectivity index (χ4n) is 2.03. The van der Waals surface area contributed by atoms with Gasteiger partial charge in [0.2, 0.25) is 0 Å². The quantitative estimate of drug-likeness (QED) is 0.535. The molecule has 0 aliphatic rings. The lowest BCUT2D eigenvalue weighted by atomic mass is 9.96. The Morgan fingerprint density at radius 2 is 1.76 bits per heavy atom. The van der Waals surface area contributed by atoms with Crippen LogP contribution >= 0.6 is 0 Å². The van der Waals surface area contributed by atoms with Crippen LogP contribution in [-0.2, 0) is 0 Å². The highest BCUT2D eigenvalue weighted by atomic mass is 19.2. The van der Waals surface area contributed by atoms with Crippen molar-refractivity contribution < 1.29 is 29.2 Å². The van der Waals surface area contributed by atoms with Gasteiger partial charge in [-0.3, -0.25) is 0 Å². The summed E-state index contributed by atoms with van der Waals surface area (Å²) >= 11 is 0. The van der Waals surface area contributed by atoms with Crippen LogP contribution in [-0.4, -0.2) is 55.3 Å². The highest BCUT2D eigenvalue weighted by molar-refractivity contribution is 5.75. The maximum Gasteiger partial charge on any atom is 0.161 e. The first kappa shape index (κ1) is 15.8. The molecule has 0 saturated heterocycles. The molecule has 0 fully saturated rings.